The van der Waals surface area contributed by atoms with E-state index in [9.17, 15) is 0 Å². The normalized spacial score (nSPS) is 24.3. The molecular weight excluding hydrogens is 244 g/mol. The van der Waals surface area contributed by atoms with Gasteiger partial charge < -0.3 is 0 Å². The summed E-state index contributed by atoms with van der Waals surface area (Å²) in [6.45, 7) is 1.40. The number of hydrogen-bond donors (Lipinski definition) is 0. The van der Waals surface area contributed by atoms with E-state index in [1.807, 2.05) is 0 Å². The number of halogens is 2. The van der Waals surface area contributed by atoms with E-state index in [4.69, 9.17) is 11.1 Å². The molecule has 0 amide bonds. The zero-order valence-corrected chi connectivity index (χ0v) is 10.6. The van der Waals surface area contributed by atoms with Crippen molar-refractivity contribution in [2.24, 2.45) is 0 Å². The first-order valence-electron chi connectivity index (χ1n) is 3.85. The van der Waals surface area contributed by atoms with Crippen LogP contribution in [0.4, 0.5) is 0 Å². The van der Waals surface area contributed by atoms with Gasteiger partial charge in [-0.15, -0.1) is 15.3 Å². The minimum absolute atomic E-state index is 0.342. The van der Waals surface area contributed by atoms with Crippen molar-refractivity contribution in [1.82, 2.24) is 0 Å². The van der Waals surface area contributed by atoms with Gasteiger partial charge in [-0.2, -0.15) is 11.1 Å². The fraction of sp³-hybridized carbons (Fsp3) is 1.00. The summed E-state index contributed by atoms with van der Waals surface area (Å²) in [5.41, 5.74) is 2.80. The number of unbranched alkanes of at least 4 members (excludes halogenated alkanes) is 1. The topological polar surface area (TPSA) is 0 Å². The molecule has 1 radical (unpaired) electrons. The Bertz CT molecular complexity index is 114. The second-order valence-corrected chi connectivity index (χ2v) is 16.4. The Morgan fingerprint density at radius 2 is 2.20 bits per heavy atom. The molecule has 1 heterocycles. The van der Waals surface area contributed by atoms with Crippen molar-refractivity contribution in [2.45, 2.75) is 37.1 Å². The average Bonchev–Trinajstić information content (AvgIpc) is 1.81. The van der Waals surface area contributed by atoms with E-state index in [-0.39, 0.29) is 8.11 Å². The third-order valence-electron chi connectivity index (χ3n) is 2.00. The molecule has 1 aliphatic heterocycles. The van der Waals surface area contributed by atoms with Crippen LogP contribution < -0.4 is 0 Å². The Morgan fingerprint density at radius 1 is 1.60 bits per heavy atom. The molecular formula is C6H13BrClSi2. The SMILES string of the molecule is CCCC[Si]1(Br)C[Si](Cl)C1. The van der Waals surface area contributed by atoms with Gasteiger partial charge in [-0.05, 0) is 17.4 Å². The summed E-state index contributed by atoms with van der Waals surface area (Å²) in [5.74, 6) is 0. The van der Waals surface area contributed by atoms with Crippen LogP contribution in [0.5, 0.6) is 0 Å². The van der Waals surface area contributed by atoms with Crippen molar-refractivity contribution < 1.29 is 0 Å². The Balaban J connectivity index is 2.15. The van der Waals surface area contributed by atoms with E-state index in [2.05, 4.69) is 22.2 Å². The smallest absolute Gasteiger partial charge is 0.161 e. The van der Waals surface area contributed by atoms with Crippen LogP contribution in [0.1, 0.15) is 19.8 Å². The van der Waals surface area contributed by atoms with Crippen molar-refractivity contribution in [3.8, 4) is 0 Å². The molecule has 0 spiro atoms. The first-order valence-corrected chi connectivity index (χ1v) is 11.7. The highest BCUT2D eigenvalue weighted by Crippen LogP contribution is 2.42. The van der Waals surface area contributed by atoms with Crippen molar-refractivity contribution in [2.75, 3.05) is 0 Å². The van der Waals surface area contributed by atoms with E-state index in [1.54, 1.807) is 0 Å². The highest BCUT2D eigenvalue weighted by molar-refractivity contribution is 9.26. The van der Waals surface area contributed by atoms with Crippen molar-refractivity contribution in [3.05, 3.63) is 0 Å². The molecule has 0 atom stereocenters. The molecule has 0 aliphatic carbocycles. The molecule has 0 aromatic heterocycles. The summed E-state index contributed by atoms with van der Waals surface area (Å²) in [7, 11) is -0.342. The third kappa shape index (κ3) is 2.36. The van der Waals surface area contributed by atoms with E-state index < -0.39 is 6.69 Å². The van der Waals surface area contributed by atoms with Crippen molar-refractivity contribution >= 4 is 41.2 Å². The summed E-state index contributed by atoms with van der Waals surface area (Å²) in [6.07, 6.45) is 2.74. The average molecular weight is 257 g/mol. The van der Waals surface area contributed by atoms with Gasteiger partial charge in [-0.1, -0.05) is 19.8 Å². The van der Waals surface area contributed by atoms with Crippen molar-refractivity contribution in [3.63, 3.8) is 0 Å². The number of hydrogen-bond acceptors (Lipinski definition) is 0. The van der Waals surface area contributed by atoms with Gasteiger partial charge in [-0.25, -0.2) is 0 Å². The second kappa shape index (κ2) is 3.74. The van der Waals surface area contributed by atoms with Gasteiger partial charge in [0.1, 0.15) is 6.69 Å². The maximum absolute atomic E-state index is 6.02. The minimum Gasteiger partial charge on any atom is -0.170 e. The van der Waals surface area contributed by atoms with Gasteiger partial charge in [0, 0.05) is 0 Å². The Labute approximate surface area is 78.2 Å². The maximum atomic E-state index is 6.02. The fourth-order valence-electron chi connectivity index (χ4n) is 1.31. The van der Waals surface area contributed by atoms with Crippen LogP contribution in [0.25, 0.3) is 0 Å². The quantitative estimate of drug-likeness (QED) is 0.536. The lowest BCUT2D eigenvalue weighted by Gasteiger charge is -2.36. The molecule has 1 rings (SSSR count). The molecule has 0 bridgehead atoms. The lowest BCUT2D eigenvalue weighted by atomic mass is 10.4. The fourth-order valence-corrected chi connectivity index (χ4v) is 23.2. The molecule has 59 valence electrons. The van der Waals surface area contributed by atoms with Gasteiger partial charge in [0.15, 0.2) is 8.11 Å². The van der Waals surface area contributed by atoms with E-state index in [1.165, 1.54) is 30.2 Å². The van der Waals surface area contributed by atoms with Crippen molar-refractivity contribution in [1.29, 1.82) is 0 Å². The molecule has 0 aromatic carbocycles. The Hall–Kier alpha value is 1.20. The Morgan fingerprint density at radius 3 is 2.60 bits per heavy atom. The summed E-state index contributed by atoms with van der Waals surface area (Å²) < 4.78 is 0. The van der Waals surface area contributed by atoms with Gasteiger partial charge in [0.05, 0.1) is 0 Å². The molecule has 0 aromatic rings. The van der Waals surface area contributed by atoms with E-state index >= 15 is 0 Å². The molecule has 0 nitrogen and oxygen atoms in total. The summed E-state index contributed by atoms with van der Waals surface area (Å²) in [4.78, 5) is 0. The second-order valence-electron chi connectivity index (χ2n) is 3.13. The largest absolute Gasteiger partial charge is 0.170 e. The lowest BCUT2D eigenvalue weighted by molar-refractivity contribution is 0.869. The highest BCUT2D eigenvalue weighted by atomic mass is 79.9. The first kappa shape index (κ1) is 9.29. The van der Waals surface area contributed by atoms with Crippen LogP contribution in [0.2, 0.25) is 17.4 Å². The monoisotopic (exact) mass is 255 g/mol. The summed E-state index contributed by atoms with van der Waals surface area (Å²) in [5, 5.41) is 0. The highest BCUT2D eigenvalue weighted by Gasteiger charge is 2.44. The van der Waals surface area contributed by atoms with Gasteiger partial charge in [0.2, 0.25) is 0 Å². The van der Waals surface area contributed by atoms with Gasteiger partial charge in [0.25, 0.3) is 0 Å². The van der Waals surface area contributed by atoms with E-state index in [0.29, 0.717) is 0 Å². The van der Waals surface area contributed by atoms with Gasteiger partial charge in [-0.3, -0.25) is 0 Å². The summed E-state index contributed by atoms with van der Waals surface area (Å²) in [6, 6.07) is 1.46. The van der Waals surface area contributed by atoms with Crippen LogP contribution in [-0.4, -0.2) is 14.8 Å². The molecule has 0 unspecified atom stereocenters. The lowest BCUT2D eigenvalue weighted by Crippen LogP contribution is -2.45. The molecule has 0 N–H and O–H groups in total. The molecule has 0 saturated carbocycles. The zero-order valence-electron chi connectivity index (χ0n) is 6.29. The molecule has 4 heteroatoms. The van der Waals surface area contributed by atoms with Gasteiger partial charge >= 0.3 is 0 Å². The summed E-state index contributed by atoms with van der Waals surface area (Å²) >= 11 is 9.91. The van der Waals surface area contributed by atoms with Crippen LogP contribution in [0.15, 0.2) is 0 Å². The first-order chi connectivity index (χ1) is 4.66. The zero-order chi connectivity index (χ0) is 7.61. The van der Waals surface area contributed by atoms with Crippen LogP contribution >= 0.6 is 26.4 Å². The molecule has 1 fully saturated rings. The standard InChI is InChI=1S/C6H13BrClSi2/c1-2-3-4-10(7)5-9(8)6-10/h2-6H2,1H3. The minimum atomic E-state index is -0.855. The molecule has 1 saturated heterocycles. The van der Waals surface area contributed by atoms with Crippen LogP contribution in [0.3, 0.4) is 0 Å². The van der Waals surface area contributed by atoms with E-state index in [0.717, 1.165) is 0 Å². The molecule has 1 aliphatic rings. The predicted molar refractivity (Wildman–Crippen MR) is 55.6 cm³/mol. The molecule has 10 heavy (non-hydrogen) atoms. The Kier molecular flexibility index (Phi) is 3.47. The number of rotatable bonds is 3. The van der Waals surface area contributed by atoms with Crippen LogP contribution in [0, 0.1) is 0 Å². The predicted octanol–water partition coefficient (Wildman–Crippen LogP) is 3.45. The van der Waals surface area contributed by atoms with Crippen LogP contribution in [-0.2, 0) is 0 Å². The maximum Gasteiger partial charge on any atom is 0.161 e. The third-order valence-corrected chi connectivity index (χ3v) is 20.0.